The van der Waals surface area contributed by atoms with Gasteiger partial charge in [-0.2, -0.15) is 0 Å². The number of benzene rings is 2. The van der Waals surface area contributed by atoms with Crippen molar-refractivity contribution in [2.24, 2.45) is 0 Å². The first-order valence-electron chi connectivity index (χ1n) is 8.58. The van der Waals surface area contributed by atoms with E-state index in [0.717, 1.165) is 22.3 Å². The first kappa shape index (κ1) is 16.1. The SMILES string of the molecule is CCc1nc2ccc(C)cn2c1C(=O)Nc1cccc2c(O)cccc12. The fourth-order valence-corrected chi connectivity index (χ4v) is 3.27. The molecule has 0 aliphatic rings. The van der Waals surface area contributed by atoms with Crippen LogP contribution in [0.3, 0.4) is 0 Å². The van der Waals surface area contributed by atoms with E-state index in [9.17, 15) is 9.90 Å². The number of hydrogen-bond donors (Lipinski definition) is 2. The summed E-state index contributed by atoms with van der Waals surface area (Å²) in [5.74, 6) is -0.0194. The van der Waals surface area contributed by atoms with Crippen LogP contribution in [0.2, 0.25) is 0 Å². The van der Waals surface area contributed by atoms with Gasteiger partial charge in [-0.3, -0.25) is 9.20 Å². The minimum Gasteiger partial charge on any atom is -0.507 e. The Morgan fingerprint density at radius 3 is 2.69 bits per heavy atom. The number of rotatable bonds is 3. The van der Waals surface area contributed by atoms with Crippen LogP contribution >= 0.6 is 0 Å². The highest BCUT2D eigenvalue weighted by atomic mass is 16.3. The fraction of sp³-hybridized carbons (Fsp3) is 0.143. The lowest BCUT2D eigenvalue weighted by Gasteiger charge is -2.10. The number of imidazole rings is 1. The van der Waals surface area contributed by atoms with E-state index in [1.54, 1.807) is 12.1 Å². The van der Waals surface area contributed by atoms with Crippen molar-refractivity contribution in [3.63, 3.8) is 0 Å². The van der Waals surface area contributed by atoms with Gasteiger partial charge in [-0.25, -0.2) is 4.98 Å². The molecule has 1 amide bonds. The van der Waals surface area contributed by atoms with Crippen molar-refractivity contribution in [2.45, 2.75) is 20.3 Å². The molecule has 4 rings (SSSR count). The zero-order valence-electron chi connectivity index (χ0n) is 14.7. The zero-order chi connectivity index (χ0) is 18.3. The number of pyridine rings is 1. The third-order valence-electron chi connectivity index (χ3n) is 4.54. The predicted molar refractivity (Wildman–Crippen MR) is 103 cm³/mol. The Hall–Kier alpha value is -3.34. The summed E-state index contributed by atoms with van der Waals surface area (Å²) in [7, 11) is 0. The van der Waals surface area contributed by atoms with Crippen molar-refractivity contribution >= 4 is 28.0 Å². The first-order valence-corrected chi connectivity index (χ1v) is 8.58. The van der Waals surface area contributed by atoms with Crippen LogP contribution in [0.5, 0.6) is 5.75 Å². The van der Waals surface area contributed by atoms with Gasteiger partial charge in [0, 0.05) is 22.7 Å². The molecule has 26 heavy (non-hydrogen) atoms. The summed E-state index contributed by atoms with van der Waals surface area (Å²) >= 11 is 0. The van der Waals surface area contributed by atoms with Gasteiger partial charge >= 0.3 is 0 Å². The summed E-state index contributed by atoms with van der Waals surface area (Å²) in [6.45, 7) is 3.97. The Morgan fingerprint density at radius 1 is 1.12 bits per heavy atom. The summed E-state index contributed by atoms with van der Waals surface area (Å²) in [5.41, 5.74) is 3.78. The maximum Gasteiger partial charge on any atom is 0.274 e. The van der Waals surface area contributed by atoms with Gasteiger partial charge in [0.25, 0.3) is 5.91 Å². The van der Waals surface area contributed by atoms with E-state index in [2.05, 4.69) is 10.3 Å². The van der Waals surface area contributed by atoms with Crippen molar-refractivity contribution in [1.82, 2.24) is 9.38 Å². The number of anilines is 1. The average Bonchev–Trinajstić information content (AvgIpc) is 3.00. The van der Waals surface area contributed by atoms with Crippen molar-refractivity contribution in [3.05, 3.63) is 71.7 Å². The number of amides is 1. The van der Waals surface area contributed by atoms with Gasteiger partial charge in [-0.1, -0.05) is 37.3 Å². The van der Waals surface area contributed by atoms with E-state index in [1.165, 1.54) is 0 Å². The quantitative estimate of drug-likeness (QED) is 0.581. The molecule has 5 nitrogen and oxygen atoms in total. The Balaban J connectivity index is 1.82. The van der Waals surface area contributed by atoms with Crippen molar-refractivity contribution in [2.75, 3.05) is 5.32 Å². The third-order valence-corrected chi connectivity index (χ3v) is 4.54. The number of phenols is 1. The van der Waals surface area contributed by atoms with Crippen LogP contribution in [-0.4, -0.2) is 20.4 Å². The van der Waals surface area contributed by atoms with E-state index in [-0.39, 0.29) is 11.7 Å². The third kappa shape index (κ3) is 2.58. The Kier molecular flexibility index (Phi) is 3.84. The molecule has 4 aromatic rings. The molecule has 2 N–H and O–H groups in total. The van der Waals surface area contributed by atoms with Crippen LogP contribution in [0, 0.1) is 6.92 Å². The van der Waals surface area contributed by atoms with Gasteiger partial charge in [0.1, 0.15) is 17.1 Å². The number of aryl methyl sites for hydroxylation is 2. The van der Waals surface area contributed by atoms with Gasteiger partial charge in [0.2, 0.25) is 0 Å². The number of phenolic OH excluding ortho intramolecular Hbond substituents is 1. The molecule has 0 radical (unpaired) electrons. The summed E-state index contributed by atoms with van der Waals surface area (Å²) in [5, 5.41) is 14.5. The number of aromatic hydroxyl groups is 1. The Morgan fingerprint density at radius 2 is 1.88 bits per heavy atom. The molecular weight excluding hydrogens is 326 g/mol. The fourth-order valence-electron chi connectivity index (χ4n) is 3.27. The van der Waals surface area contributed by atoms with Crippen molar-refractivity contribution in [3.8, 4) is 5.75 Å². The molecule has 0 aliphatic carbocycles. The van der Waals surface area contributed by atoms with Gasteiger partial charge < -0.3 is 10.4 Å². The predicted octanol–water partition coefficient (Wildman–Crippen LogP) is 4.32. The van der Waals surface area contributed by atoms with Crippen LogP contribution in [0.1, 0.15) is 28.7 Å². The lowest BCUT2D eigenvalue weighted by molar-refractivity contribution is 0.102. The van der Waals surface area contributed by atoms with Gasteiger partial charge in [0.05, 0.1) is 5.69 Å². The maximum absolute atomic E-state index is 13.1. The number of aromatic nitrogens is 2. The molecule has 0 saturated heterocycles. The highest BCUT2D eigenvalue weighted by Gasteiger charge is 2.19. The number of fused-ring (bicyclic) bond motifs is 2. The lowest BCUT2D eigenvalue weighted by Crippen LogP contribution is -2.16. The van der Waals surface area contributed by atoms with Crippen LogP contribution in [0.15, 0.2) is 54.7 Å². The first-order chi connectivity index (χ1) is 12.6. The van der Waals surface area contributed by atoms with Gasteiger partial charge in [-0.15, -0.1) is 0 Å². The molecule has 2 heterocycles. The smallest absolute Gasteiger partial charge is 0.274 e. The molecule has 0 atom stereocenters. The van der Waals surface area contributed by atoms with E-state index in [0.29, 0.717) is 23.2 Å². The second-order valence-electron chi connectivity index (χ2n) is 6.33. The second-order valence-corrected chi connectivity index (χ2v) is 6.33. The highest BCUT2D eigenvalue weighted by Crippen LogP contribution is 2.30. The van der Waals surface area contributed by atoms with E-state index < -0.39 is 0 Å². The molecule has 2 aromatic carbocycles. The molecule has 0 fully saturated rings. The number of hydrogen-bond acceptors (Lipinski definition) is 3. The van der Waals surface area contributed by atoms with Gasteiger partial charge in [0.15, 0.2) is 0 Å². The minimum atomic E-state index is -0.212. The Labute approximate surface area is 150 Å². The summed E-state index contributed by atoms with van der Waals surface area (Å²) in [4.78, 5) is 17.6. The van der Waals surface area contributed by atoms with Crippen LogP contribution < -0.4 is 5.32 Å². The standard InChI is InChI=1S/C21H19N3O2/c1-3-16-20(24-12-13(2)10-11-19(24)22-16)21(26)23-17-8-4-7-15-14(17)6-5-9-18(15)25/h4-12,25H,3H2,1-2H3,(H,23,26). The molecule has 0 bridgehead atoms. The van der Waals surface area contributed by atoms with E-state index in [4.69, 9.17) is 0 Å². The van der Waals surface area contributed by atoms with E-state index in [1.807, 2.05) is 60.8 Å². The van der Waals surface area contributed by atoms with Crippen molar-refractivity contribution in [1.29, 1.82) is 0 Å². The number of nitrogens with one attached hydrogen (secondary N) is 1. The Bertz CT molecular complexity index is 1140. The minimum absolute atomic E-state index is 0.193. The van der Waals surface area contributed by atoms with Gasteiger partial charge in [-0.05, 0) is 37.1 Å². The largest absolute Gasteiger partial charge is 0.507 e. The summed E-state index contributed by atoms with van der Waals surface area (Å²) in [6.07, 6.45) is 2.59. The molecule has 0 aliphatic heterocycles. The number of carbonyl (C=O) groups is 1. The summed E-state index contributed by atoms with van der Waals surface area (Å²) in [6, 6.07) is 14.7. The van der Waals surface area contributed by atoms with Crippen molar-refractivity contribution < 1.29 is 9.90 Å². The molecule has 130 valence electrons. The molecule has 0 saturated carbocycles. The highest BCUT2D eigenvalue weighted by molar-refractivity contribution is 6.10. The maximum atomic E-state index is 13.1. The molecular formula is C21H19N3O2. The van der Waals surface area contributed by atoms with E-state index >= 15 is 0 Å². The molecule has 2 aromatic heterocycles. The summed E-state index contributed by atoms with van der Waals surface area (Å²) < 4.78 is 1.84. The number of nitrogens with zero attached hydrogens (tertiary/aromatic N) is 2. The molecule has 5 heteroatoms. The second kappa shape index (κ2) is 6.19. The van der Waals surface area contributed by atoms with Crippen LogP contribution in [0.4, 0.5) is 5.69 Å². The van der Waals surface area contributed by atoms with Crippen LogP contribution in [0.25, 0.3) is 16.4 Å². The lowest BCUT2D eigenvalue weighted by atomic mass is 10.1. The van der Waals surface area contributed by atoms with Crippen LogP contribution in [-0.2, 0) is 6.42 Å². The average molecular weight is 345 g/mol. The molecule has 0 spiro atoms. The number of carbonyl (C=O) groups excluding carboxylic acids is 1. The normalized spacial score (nSPS) is 11.2. The zero-order valence-corrected chi connectivity index (χ0v) is 14.7. The topological polar surface area (TPSA) is 66.6 Å². The molecule has 0 unspecified atom stereocenters. The monoisotopic (exact) mass is 345 g/mol.